The van der Waals surface area contributed by atoms with E-state index in [0.29, 0.717) is 0 Å². The van der Waals surface area contributed by atoms with Crippen molar-refractivity contribution in [1.82, 2.24) is 4.90 Å². The standard InChI is InChI=1S/C16H22N2/c1-12-15-6-4-13(11-18-8-2-3-9-18)10-14(15)5-7-16(12)17/h5,7,10H,2-4,6,8-9,11,17H2,1H3. The van der Waals surface area contributed by atoms with Gasteiger partial charge in [0.25, 0.3) is 0 Å². The first-order chi connectivity index (χ1) is 8.74. The molecule has 0 amide bonds. The van der Waals surface area contributed by atoms with Gasteiger partial charge in [-0.2, -0.15) is 0 Å². The van der Waals surface area contributed by atoms with E-state index in [1.165, 1.54) is 55.6 Å². The Morgan fingerprint density at radius 3 is 2.72 bits per heavy atom. The monoisotopic (exact) mass is 242 g/mol. The largest absolute Gasteiger partial charge is 0.399 e. The van der Waals surface area contributed by atoms with Crippen LogP contribution in [0.2, 0.25) is 0 Å². The summed E-state index contributed by atoms with van der Waals surface area (Å²) in [7, 11) is 0. The Labute approximate surface area is 109 Å². The summed E-state index contributed by atoms with van der Waals surface area (Å²) in [6.07, 6.45) is 7.50. The molecule has 2 N–H and O–H groups in total. The molecule has 0 unspecified atom stereocenters. The van der Waals surface area contributed by atoms with Gasteiger partial charge in [-0.25, -0.2) is 0 Å². The molecule has 1 heterocycles. The molecule has 96 valence electrons. The van der Waals surface area contributed by atoms with Crippen LogP contribution in [0, 0.1) is 6.92 Å². The van der Waals surface area contributed by atoms with Gasteiger partial charge >= 0.3 is 0 Å². The Morgan fingerprint density at radius 2 is 1.94 bits per heavy atom. The lowest BCUT2D eigenvalue weighted by Gasteiger charge is -2.23. The minimum Gasteiger partial charge on any atom is -0.399 e. The summed E-state index contributed by atoms with van der Waals surface area (Å²) in [5.74, 6) is 0. The van der Waals surface area contributed by atoms with Gasteiger partial charge in [0.2, 0.25) is 0 Å². The highest BCUT2D eigenvalue weighted by molar-refractivity contribution is 5.66. The van der Waals surface area contributed by atoms with Gasteiger partial charge in [-0.15, -0.1) is 0 Å². The zero-order valence-corrected chi connectivity index (χ0v) is 11.2. The third kappa shape index (κ3) is 2.17. The van der Waals surface area contributed by atoms with Gasteiger partial charge in [-0.3, -0.25) is 4.90 Å². The van der Waals surface area contributed by atoms with Crippen LogP contribution in [0.15, 0.2) is 17.7 Å². The SMILES string of the molecule is Cc1c(N)ccc2c1CCC(CN1CCCC1)=C2. The van der Waals surface area contributed by atoms with Crippen LogP contribution < -0.4 is 5.73 Å². The van der Waals surface area contributed by atoms with Gasteiger partial charge in [-0.05, 0) is 68.5 Å². The lowest BCUT2D eigenvalue weighted by molar-refractivity contribution is 0.365. The van der Waals surface area contributed by atoms with Crippen molar-refractivity contribution < 1.29 is 0 Å². The second kappa shape index (κ2) is 4.77. The minimum absolute atomic E-state index is 0.935. The Bertz CT molecular complexity index is 482. The van der Waals surface area contributed by atoms with Gasteiger partial charge in [0.1, 0.15) is 0 Å². The Morgan fingerprint density at radius 1 is 1.17 bits per heavy atom. The summed E-state index contributed by atoms with van der Waals surface area (Å²) < 4.78 is 0. The molecular formula is C16H22N2. The van der Waals surface area contributed by atoms with E-state index in [1.807, 2.05) is 6.07 Å². The van der Waals surface area contributed by atoms with Crippen LogP contribution >= 0.6 is 0 Å². The molecule has 0 spiro atoms. The molecule has 0 atom stereocenters. The molecule has 18 heavy (non-hydrogen) atoms. The number of hydrogen-bond donors (Lipinski definition) is 1. The first kappa shape index (κ1) is 11.8. The Kier molecular flexibility index (Phi) is 3.13. The lowest BCUT2D eigenvalue weighted by Crippen LogP contribution is -2.23. The summed E-state index contributed by atoms with van der Waals surface area (Å²) in [6, 6.07) is 4.23. The zero-order valence-electron chi connectivity index (χ0n) is 11.2. The summed E-state index contributed by atoms with van der Waals surface area (Å²) >= 11 is 0. The summed E-state index contributed by atoms with van der Waals surface area (Å²) in [4.78, 5) is 2.58. The maximum absolute atomic E-state index is 5.98. The predicted molar refractivity (Wildman–Crippen MR) is 77.6 cm³/mol. The third-order valence-corrected chi connectivity index (χ3v) is 4.36. The number of fused-ring (bicyclic) bond motifs is 1. The maximum atomic E-state index is 5.98. The molecule has 1 aromatic rings. The van der Waals surface area contributed by atoms with Crippen LogP contribution in [0.25, 0.3) is 6.08 Å². The van der Waals surface area contributed by atoms with Crippen molar-refractivity contribution in [2.45, 2.75) is 32.6 Å². The smallest absolute Gasteiger partial charge is 0.0346 e. The number of hydrogen-bond acceptors (Lipinski definition) is 2. The molecule has 0 saturated carbocycles. The summed E-state index contributed by atoms with van der Waals surface area (Å²) in [6.45, 7) is 5.88. The van der Waals surface area contributed by atoms with Crippen molar-refractivity contribution in [3.8, 4) is 0 Å². The Hall–Kier alpha value is -1.28. The fourth-order valence-electron chi connectivity index (χ4n) is 3.19. The molecule has 1 saturated heterocycles. The highest BCUT2D eigenvalue weighted by atomic mass is 15.1. The average molecular weight is 242 g/mol. The van der Waals surface area contributed by atoms with Crippen molar-refractivity contribution in [3.63, 3.8) is 0 Å². The van der Waals surface area contributed by atoms with E-state index in [-0.39, 0.29) is 0 Å². The van der Waals surface area contributed by atoms with Crippen LogP contribution in [0.5, 0.6) is 0 Å². The van der Waals surface area contributed by atoms with Crippen LogP contribution in [0.3, 0.4) is 0 Å². The molecule has 0 aromatic heterocycles. The van der Waals surface area contributed by atoms with Crippen LogP contribution in [0.1, 0.15) is 36.0 Å². The van der Waals surface area contributed by atoms with Gasteiger partial charge < -0.3 is 5.73 Å². The molecule has 0 radical (unpaired) electrons. The van der Waals surface area contributed by atoms with Crippen molar-refractivity contribution in [1.29, 1.82) is 0 Å². The van der Waals surface area contributed by atoms with Gasteiger partial charge in [0, 0.05) is 12.2 Å². The molecule has 2 nitrogen and oxygen atoms in total. The molecule has 2 aliphatic rings. The molecule has 1 aliphatic carbocycles. The number of nitrogens with two attached hydrogens (primary N) is 1. The lowest BCUT2D eigenvalue weighted by atomic mass is 9.88. The highest BCUT2D eigenvalue weighted by Crippen LogP contribution is 2.30. The Balaban J connectivity index is 1.82. The van der Waals surface area contributed by atoms with Gasteiger partial charge in [-0.1, -0.05) is 17.7 Å². The van der Waals surface area contributed by atoms with E-state index in [1.54, 1.807) is 5.57 Å². The van der Waals surface area contributed by atoms with Crippen molar-refractivity contribution in [2.75, 3.05) is 25.4 Å². The first-order valence-corrected chi connectivity index (χ1v) is 7.04. The van der Waals surface area contributed by atoms with Gasteiger partial charge in [0.05, 0.1) is 0 Å². The normalized spacial score (nSPS) is 19.7. The van der Waals surface area contributed by atoms with E-state index in [4.69, 9.17) is 5.73 Å². The van der Waals surface area contributed by atoms with E-state index >= 15 is 0 Å². The summed E-state index contributed by atoms with van der Waals surface area (Å²) in [5.41, 5.74) is 12.6. The number of rotatable bonds is 2. The zero-order chi connectivity index (χ0) is 12.5. The second-order valence-electron chi connectivity index (χ2n) is 5.63. The van der Waals surface area contributed by atoms with E-state index < -0.39 is 0 Å². The number of anilines is 1. The molecule has 3 rings (SSSR count). The highest BCUT2D eigenvalue weighted by Gasteiger charge is 2.17. The van der Waals surface area contributed by atoms with Crippen LogP contribution in [-0.4, -0.2) is 24.5 Å². The van der Waals surface area contributed by atoms with Crippen LogP contribution in [0.4, 0.5) is 5.69 Å². The molecule has 2 heteroatoms. The molecule has 1 aromatic carbocycles. The van der Waals surface area contributed by atoms with Gasteiger partial charge in [0.15, 0.2) is 0 Å². The van der Waals surface area contributed by atoms with E-state index in [0.717, 1.165) is 12.1 Å². The van der Waals surface area contributed by atoms with E-state index in [2.05, 4.69) is 24.0 Å². The molecule has 1 fully saturated rings. The molecule has 1 aliphatic heterocycles. The number of nitrogen functional groups attached to an aromatic ring is 1. The summed E-state index contributed by atoms with van der Waals surface area (Å²) in [5, 5.41) is 0. The van der Waals surface area contributed by atoms with Crippen molar-refractivity contribution in [3.05, 3.63) is 34.4 Å². The number of likely N-dealkylation sites (tertiary alicyclic amines) is 1. The average Bonchev–Trinajstić information content (AvgIpc) is 2.87. The fraction of sp³-hybridized carbons (Fsp3) is 0.500. The fourth-order valence-corrected chi connectivity index (χ4v) is 3.19. The molecular weight excluding hydrogens is 220 g/mol. The van der Waals surface area contributed by atoms with Crippen molar-refractivity contribution in [2.24, 2.45) is 0 Å². The predicted octanol–water partition coefficient (Wildman–Crippen LogP) is 3.00. The topological polar surface area (TPSA) is 29.3 Å². The van der Waals surface area contributed by atoms with Crippen LogP contribution in [-0.2, 0) is 6.42 Å². The van der Waals surface area contributed by atoms with E-state index in [9.17, 15) is 0 Å². The first-order valence-electron chi connectivity index (χ1n) is 7.04. The second-order valence-corrected chi connectivity index (χ2v) is 5.63. The third-order valence-electron chi connectivity index (χ3n) is 4.36. The number of benzene rings is 1. The number of nitrogens with zero attached hydrogens (tertiary/aromatic N) is 1. The van der Waals surface area contributed by atoms with Crippen molar-refractivity contribution >= 4 is 11.8 Å². The quantitative estimate of drug-likeness (QED) is 0.808. The minimum atomic E-state index is 0.935. The maximum Gasteiger partial charge on any atom is 0.0346 e. The molecule has 0 bridgehead atoms.